The van der Waals surface area contributed by atoms with E-state index in [0.29, 0.717) is 6.54 Å². The second-order valence-electron chi connectivity index (χ2n) is 2.55. The van der Waals surface area contributed by atoms with Gasteiger partial charge in [0.2, 0.25) is 0 Å². The van der Waals surface area contributed by atoms with Crippen LogP contribution in [0.1, 0.15) is 0 Å². The van der Waals surface area contributed by atoms with Crippen molar-refractivity contribution in [2.45, 2.75) is 6.54 Å². The summed E-state index contributed by atoms with van der Waals surface area (Å²) < 4.78 is 1.82. The molecule has 60 valence electrons. The van der Waals surface area contributed by atoms with Crippen LogP contribution in [-0.2, 0) is 6.54 Å². The highest BCUT2D eigenvalue weighted by Crippen LogP contribution is 2.08. The Bertz CT molecular complexity index is 403. The van der Waals surface area contributed by atoms with Gasteiger partial charge in [0.15, 0.2) is 0 Å². The summed E-state index contributed by atoms with van der Waals surface area (Å²) in [6.45, 7) is 4.36. The van der Waals surface area contributed by atoms with Crippen LogP contribution in [0.4, 0.5) is 0 Å². The second kappa shape index (κ2) is 2.77. The molecule has 0 unspecified atom stereocenters. The molecule has 0 saturated carbocycles. The molecule has 0 aliphatic rings. The smallest absolute Gasteiger partial charge is 0.113 e. The maximum Gasteiger partial charge on any atom is 0.113 e. The van der Waals surface area contributed by atoms with Gasteiger partial charge in [0, 0.05) is 0 Å². The minimum atomic E-state index is 0.709. The molecule has 2 rings (SSSR count). The van der Waals surface area contributed by atoms with E-state index in [-0.39, 0.29) is 0 Å². The van der Waals surface area contributed by atoms with E-state index in [0.717, 1.165) is 11.0 Å². The van der Waals surface area contributed by atoms with Crippen LogP contribution in [-0.4, -0.2) is 15.0 Å². The Labute approximate surface area is 70.3 Å². The molecule has 2 aromatic rings. The molecule has 1 aromatic carbocycles. The Morgan fingerprint density at radius 1 is 1.42 bits per heavy atom. The van der Waals surface area contributed by atoms with E-state index in [4.69, 9.17) is 0 Å². The Morgan fingerprint density at radius 2 is 2.25 bits per heavy atom. The zero-order chi connectivity index (χ0) is 8.39. The van der Waals surface area contributed by atoms with Gasteiger partial charge in [0.1, 0.15) is 5.52 Å². The van der Waals surface area contributed by atoms with Crippen LogP contribution in [0.5, 0.6) is 0 Å². The SMILES string of the molecule is C=CCn1nnc2ccccc21. The number of para-hydroxylation sites is 1. The lowest BCUT2D eigenvalue weighted by molar-refractivity contribution is 0.683. The zero-order valence-electron chi connectivity index (χ0n) is 6.64. The van der Waals surface area contributed by atoms with E-state index in [1.165, 1.54) is 0 Å². The summed E-state index contributed by atoms with van der Waals surface area (Å²) in [4.78, 5) is 0. The molecule has 0 aliphatic carbocycles. The van der Waals surface area contributed by atoms with Crippen LogP contribution < -0.4 is 0 Å². The molecule has 0 radical (unpaired) electrons. The minimum absolute atomic E-state index is 0.709. The van der Waals surface area contributed by atoms with Gasteiger partial charge >= 0.3 is 0 Å². The van der Waals surface area contributed by atoms with Crippen LogP contribution in [0.25, 0.3) is 11.0 Å². The Morgan fingerprint density at radius 3 is 3.08 bits per heavy atom. The molecule has 1 heterocycles. The largest absolute Gasteiger partial charge is 0.241 e. The fraction of sp³-hybridized carbons (Fsp3) is 0.111. The van der Waals surface area contributed by atoms with Crippen LogP contribution in [0.3, 0.4) is 0 Å². The standard InChI is InChI=1S/C9H9N3/c1-2-7-12-9-6-4-3-5-8(9)10-11-12/h2-6H,1,7H2. The van der Waals surface area contributed by atoms with Crippen LogP contribution in [0, 0.1) is 0 Å². The number of aromatic nitrogens is 3. The summed E-state index contributed by atoms with van der Waals surface area (Å²) >= 11 is 0. The number of allylic oxidation sites excluding steroid dienone is 1. The van der Waals surface area contributed by atoms with Gasteiger partial charge in [-0.2, -0.15) is 0 Å². The zero-order valence-corrected chi connectivity index (χ0v) is 6.64. The highest BCUT2D eigenvalue weighted by atomic mass is 15.4. The molecule has 0 atom stereocenters. The first-order valence-electron chi connectivity index (χ1n) is 3.81. The van der Waals surface area contributed by atoms with Gasteiger partial charge in [-0.25, -0.2) is 4.68 Å². The van der Waals surface area contributed by atoms with Crippen molar-refractivity contribution in [2.24, 2.45) is 0 Å². The Balaban J connectivity index is 2.62. The number of benzene rings is 1. The normalized spacial score (nSPS) is 10.3. The van der Waals surface area contributed by atoms with Crippen LogP contribution in [0.2, 0.25) is 0 Å². The lowest BCUT2D eigenvalue weighted by atomic mass is 10.3. The minimum Gasteiger partial charge on any atom is -0.241 e. The van der Waals surface area contributed by atoms with Gasteiger partial charge in [-0.15, -0.1) is 11.7 Å². The molecule has 0 N–H and O–H groups in total. The van der Waals surface area contributed by atoms with E-state index >= 15 is 0 Å². The molecular formula is C9H9N3. The summed E-state index contributed by atoms with van der Waals surface area (Å²) in [5, 5.41) is 7.98. The highest BCUT2D eigenvalue weighted by Gasteiger charge is 1.99. The molecule has 12 heavy (non-hydrogen) atoms. The first-order valence-corrected chi connectivity index (χ1v) is 3.81. The molecule has 1 aromatic heterocycles. The second-order valence-corrected chi connectivity index (χ2v) is 2.55. The summed E-state index contributed by atoms with van der Waals surface area (Å²) in [7, 11) is 0. The van der Waals surface area contributed by atoms with Crippen LogP contribution >= 0.6 is 0 Å². The fourth-order valence-electron chi connectivity index (χ4n) is 1.17. The summed E-state index contributed by atoms with van der Waals surface area (Å²) in [6.07, 6.45) is 1.81. The molecule has 0 saturated heterocycles. The summed E-state index contributed by atoms with van der Waals surface area (Å²) in [6, 6.07) is 7.88. The van der Waals surface area contributed by atoms with Gasteiger partial charge in [-0.1, -0.05) is 23.4 Å². The van der Waals surface area contributed by atoms with Crippen molar-refractivity contribution in [3.63, 3.8) is 0 Å². The molecule has 0 aliphatic heterocycles. The molecule has 0 spiro atoms. The third-order valence-corrected chi connectivity index (χ3v) is 1.72. The highest BCUT2D eigenvalue weighted by molar-refractivity contribution is 5.73. The Kier molecular flexibility index (Phi) is 1.63. The number of fused-ring (bicyclic) bond motifs is 1. The average molecular weight is 159 g/mol. The summed E-state index contributed by atoms with van der Waals surface area (Å²) in [5.74, 6) is 0. The molecule has 3 nitrogen and oxygen atoms in total. The maximum atomic E-state index is 4.00. The molecule has 0 bridgehead atoms. The maximum absolute atomic E-state index is 4.00. The van der Waals surface area contributed by atoms with Crippen molar-refractivity contribution in [3.05, 3.63) is 36.9 Å². The molecule has 0 amide bonds. The first kappa shape index (κ1) is 7.03. The third-order valence-electron chi connectivity index (χ3n) is 1.72. The van der Waals surface area contributed by atoms with Crippen molar-refractivity contribution >= 4 is 11.0 Å². The van der Waals surface area contributed by atoms with E-state index in [9.17, 15) is 0 Å². The van der Waals surface area contributed by atoms with Gasteiger partial charge < -0.3 is 0 Å². The molecule has 0 fully saturated rings. The molecular weight excluding hydrogens is 150 g/mol. The van der Waals surface area contributed by atoms with Crippen molar-refractivity contribution in [1.82, 2.24) is 15.0 Å². The van der Waals surface area contributed by atoms with E-state index in [1.807, 2.05) is 28.9 Å². The number of nitrogens with zero attached hydrogens (tertiary/aromatic N) is 3. The Hall–Kier alpha value is -1.64. The lowest BCUT2D eigenvalue weighted by Crippen LogP contribution is -1.96. The molecule has 3 heteroatoms. The monoisotopic (exact) mass is 159 g/mol. The lowest BCUT2D eigenvalue weighted by Gasteiger charge is -1.94. The van der Waals surface area contributed by atoms with Crippen molar-refractivity contribution in [3.8, 4) is 0 Å². The third kappa shape index (κ3) is 0.993. The van der Waals surface area contributed by atoms with Crippen molar-refractivity contribution < 1.29 is 0 Å². The predicted octanol–water partition coefficient (Wildman–Crippen LogP) is 1.62. The van der Waals surface area contributed by atoms with Gasteiger partial charge in [0.05, 0.1) is 12.1 Å². The predicted molar refractivity (Wildman–Crippen MR) is 47.7 cm³/mol. The quantitative estimate of drug-likeness (QED) is 0.623. The number of rotatable bonds is 2. The number of hydrogen-bond donors (Lipinski definition) is 0. The average Bonchev–Trinajstić information content (AvgIpc) is 2.50. The van der Waals surface area contributed by atoms with E-state index < -0.39 is 0 Å². The van der Waals surface area contributed by atoms with Gasteiger partial charge in [-0.3, -0.25) is 0 Å². The van der Waals surface area contributed by atoms with Gasteiger partial charge in [-0.05, 0) is 12.1 Å². The van der Waals surface area contributed by atoms with E-state index in [1.54, 1.807) is 6.08 Å². The fourth-order valence-corrected chi connectivity index (χ4v) is 1.17. The van der Waals surface area contributed by atoms with Crippen molar-refractivity contribution in [1.29, 1.82) is 0 Å². The first-order chi connectivity index (χ1) is 5.92. The summed E-state index contributed by atoms with van der Waals surface area (Å²) in [5.41, 5.74) is 1.98. The van der Waals surface area contributed by atoms with Crippen molar-refractivity contribution in [2.75, 3.05) is 0 Å². The van der Waals surface area contributed by atoms with Gasteiger partial charge in [0.25, 0.3) is 0 Å². The topological polar surface area (TPSA) is 30.7 Å². The van der Waals surface area contributed by atoms with E-state index in [2.05, 4.69) is 16.9 Å². The number of hydrogen-bond acceptors (Lipinski definition) is 2. The van der Waals surface area contributed by atoms with Crippen LogP contribution in [0.15, 0.2) is 36.9 Å².